The fraction of sp³-hybridized carbons (Fsp3) is 1.00. The first-order valence-corrected chi connectivity index (χ1v) is 7.99. The lowest BCUT2D eigenvalue weighted by Crippen LogP contribution is -2.34. The first-order valence-electron chi connectivity index (χ1n) is 6.34. The maximum atomic E-state index is 11.7. The molecule has 1 heterocycles. The standard InChI is InChI=1S/C11H24N2O3S/c1-12-6-2-3-8-17(14,15)13-9-11-5-4-7-16-10-11/h11-13H,2-10H2,1H3. The van der Waals surface area contributed by atoms with Gasteiger partial charge in [-0.3, -0.25) is 0 Å². The number of ether oxygens (including phenoxy) is 1. The zero-order valence-electron chi connectivity index (χ0n) is 10.6. The molecule has 1 unspecified atom stereocenters. The molecular weight excluding hydrogens is 240 g/mol. The van der Waals surface area contributed by atoms with E-state index in [2.05, 4.69) is 10.0 Å². The van der Waals surface area contributed by atoms with Gasteiger partial charge in [0, 0.05) is 13.2 Å². The summed E-state index contributed by atoms with van der Waals surface area (Å²) in [5.41, 5.74) is 0. The van der Waals surface area contributed by atoms with E-state index < -0.39 is 10.0 Å². The summed E-state index contributed by atoms with van der Waals surface area (Å²) in [6, 6.07) is 0. The Kier molecular flexibility index (Phi) is 7.03. The summed E-state index contributed by atoms with van der Waals surface area (Å²) in [5.74, 6) is 0.568. The maximum Gasteiger partial charge on any atom is 0.211 e. The van der Waals surface area contributed by atoms with Crippen molar-refractivity contribution in [1.82, 2.24) is 10.0 Å². The van der Waals surface area contributed by atoms with Gasteiger partial charge in [-0.2, -0.15) is 0 Å². The Morgan fingerprint density at radius 2 is 2.18 bits per heavy atom. The first-order chi connectivity index (χ1) is 8.14. The van der Waals surface area contributed by atoms with Crippen LogP contribution in [0.25, 0.3) is 0 Å². The SMILES string of the molecule is CNCCCCS(=O)(=O)NCC1CCCOC1. The van der Waals surface area contributed by atoms with Crippen molar-refractivity contribution in [3.8, 4) is 0 Å². The molecular formula is C11H24N2O3S. The highest BCUT2D eigenvalue weighted by Gasteiger charge is 2.17. The van der Waals surface area contributed by atoms with Crippen LogP contribution in [-0.2, 0) is 14.8 Å². The van der Waals surface area contributed by atoms with E-state index in [1.54, 1.807) is 0 Å². The van der Waals surface area contributed by atoms with Crippen molar-refractivity contribution in [2.24, 2.45) is 5.92 Å². The van der Waals surface area contributed by atoms with Crippen molar-refractivity contribution in [2.75, 3.05) is 39.1 Å². The molecule has 0 radical (unpaired) electrons. The largest absolute Gasteiger partial charge is 0.381 e. The Bertz CT molecular complexity index is 287. The minimum atomic E-state index is -3.09. The van der Waals surface area contributed by atoms with Crippen LogP contribution in [-0.4, -0.2) is 47.5 Å². The van der Waals surface area contributed by atoms with Crippen molar-refractivity contribution in [3.05, 3.63) is 0 Å². The van der Waals surface area contributed by atoms with Gasteiger partial charge in [0.25, 0.3) is 0 Å². The first kappa shape index (κ1) is 14.9. The lowest BCUT2D eigenvalue weighted by atomic mass is 10.0. The lowest BCUT2D eigenvalue weighted by molar-refractivity contribution is 0.0568. The lowest BCUT2D eigenvalue weighted by Gasteiger charge is -2.22. The van der Waals surface area contributed by atoms with E-state index in [1.807, 2.05) is 7.05 Å². The predicted molar refractivity (Wildman–Crippen MR) is 68.5 cm³/mol. The van der Waals surface area contributed by atoms with Crippen LogP contribution >= 0.6 is 0 Å². The molecule has 1 saturated heterocycles. The van der Waals surface area contributed by atoms with Crippen molar-refractivity contribution < 1.29 is 13.2 Å². The van der Waals surface area contributed by atoms with Gasteiger partial charge in [0.15, 0.2) is 0 Å². The van der Waals surface area contributed by atoms with Crippen LogP contribution in [0.3, 0.4) is 0 Å². The van der Waals surface area contributed by atoms with Crippen LogP contribution in [0.15, 0.2) is 0 Å². The molecule has 0 aromatic carbocycles. The molecule has 5 nitrogen and oxygen atoms in total. The van der Waals surface area contributed by atoms with Crippen molar-refractivity contribution >= 4 is 10.0 Å². The van der Waals surface area contributed by atoms with Crippen LogP contribution in [0, 0.1) is 5.92 Å². The molecule has 0 saturated carbocycles. The van der Waals surface area contributed by atoms with Gasteiger partial charge in [0.1, 0.15) is 0 Å². The monoisotopic (exact) mass is 264 g/mol. The topological polar surface area (TPSA) is 67.4 Å². The highest BCUT2D eigenvalue weighted by atomic mass is 32.2. The zero-order valence-corrected chi connectivity index (χ0v) is 11.4. The van der Waals surface area contributed by atoms with Gasteiger partial charge < -0.3 is 10.1 Å². The molecule has 6 heteroatoms. The second-order valence-electron chi connectivity index (χ2n) is 4.56. The highest BCUT2D eigenvalue weighted by Crippen LogP contribution is 2.12. The number of hydrogen-bond donors (Lipinski definition) is 2. The van der Waals surface area contributed by atoms with Gasteiger partial charge in [0.2, 0.25) is 10.0 Å². The van der Waals surface area contributed by atoms with E-state index >= 15 is 0 Å². The molecule has 0 amide bonds. The average molecular weight is 264 g/mol. The normalized spacial score (nSPS) is 21.6. The molecule has 102 valence electrons. The van der Waals surface area contributed by atoms with Crippen molar-refractivity contribution in [2.45, 2.75) is 25.7 Å². The number of sulfonamides is 1. The molecule has 0 bridgehead atoms. The zero-order chi connectivity index (χ0) is 12.6. The minimum Gasteiger partial charge on any atom is -0.381 e. The molecule has 0 aromatic heterocycles. The van der Waals surface area contributed by atoms with E-state index in [-0.39, 0.29) is 5.75 Å². The summed E-state index contributed by atoms with van der Waals surface area (Å²) >= 11 is 0. The third-order valence-corrected chi connectivity index (χ3v) is 4.37. The minimum absolute atomic E-state index is 0.224. The van der Waals surface area contributed by atoms with E-state index in [4.69, 9.17) is 4.74 Å². The van der Waals surface area contributed by atoms with E-state index in [1.165, 1.54) is 0 Å². The Morgan fingerprint density at radius 3 is 2.82 bits per heavy atom. The molecule has 0 aliphatic carbocycles. The summed E-state index contributed by atoms with van der Waals surface area (Å²) < 4.78 is 31.3. The van der Waals surface area contributed by atoms with Gasteiger partial charge in [-0.1, -0.05) is 0 Å². The highest BCUT2D eigenvalue weighted by molar-refractivity contribution is 7.89. The second kappa shape index (κ2) is 8.02. The molecule has 0 spiro atoms. The number of hydrogen-bond acceptors (Lipinski definition) is 4. The van der Waals surface area contributed by atoms with Crippen LogP contribution in [0.4, 0.5) is 0 Å². The van der Waals surface area contributed by atoms with Crippen LogP contribution in [0.5, 0.6) is 0 Å². The van der Waals surface area contributed by atoms with Crippen molar-refractivity contribution in [3.63, 3.8) is 0 Å². The third kappa shape index (κ3) is 6.98. The summed E-state index contributed by atoms with van der Waals surface area (Å²) in [5, 5.41) is 3.01. The summed E-state index contributed by atoms with van der Waals surface area (Å²) in [6.45, 7) is 2.88. The Labute approximate surface area is 104 Å². The maximum absolute atomic E-state index is 11.7. The quantitative estimate of drug-likeness (QED) is 0.620. The Balaban J connectivity index is 2.14. The van der Waals surface area contributed by atoms with Gasteiger partial charge in [-0.25, -0.2) is 13.1 Å². The average Bonchev–Trinajstić information content (AvgIpc) is 2.34. The van der Waals surface area contributed by atoms with Crippen LogP contribution < -0.4 is 10.0 Å². The smallest absolute Gasteiger partial charge is 0.211 e. The fourth-order valence-electron chi connectivity index (χ4n) is 1.88. The van der Waals surface area contributed by atoms with E-state index in [9.17, 15) is 8.42 Å². The molecule has 1 aliphatic heterocycles. The van der Waals surface area contributed by atoms with Crippen molar-refractivity contribution in [1.29, 1.82) is 0 Å². The summed E-state index contributed by atoms with van der Waals surface area (Å²) in [6.07, 6.45) is 3.69. The second-order valence-corrected chi connectivity index (χ2v) is 6.49. The molecule has 1 fully saturated rings. The number of unbranched alkanes of at least 4 members (excludes halogenated alkanes) is 1. The van der Waals surface area contributed by atoms with Gasteiger partial charge in [-0.15, -0.1) is 0 Å². The van der Waals surface area contributed by atoms with Gasteiger partial charge >= 0.3 is 0 Å². The predicted octanol–water partition coefficient (Wildman–Crippen LogP) is 0.332. The van der Waals surface area contributed by atoms with Crippen LogP contribution in [0.1, 0.15) is 25.7 Å². The number of rotatable bonds is 8. The third-order valence-electron chi connectivity index (χ3n) is 2.94. The Morgan fingerprint density at radius 1 is 1.35 bits per heavy atom. The molecule has 2 N–H and O–H groups in total. The summed E-state index contributed by atoms with van der Waals surface area (Å²) in [4.78, 5) is 0. The van der Waals surface area contributed by atoms with Crippen LogP contribution in [0.2, 0.25) is 0 Å². The molecule has 1 aliphatic rings. The molecule has 1 atom stereocenters. The molecule has 17 heavy (non-hydrogen) atoms. The van der Waals surface area contributed by atoms with E-state index in [0.29, 0.717) is 25.5 Å². The van der Waals surface area contributed by atoms with Gasteiger partial charge in [0.05, 0.1) is 12.4 Å². The molecule has 0 aromatic rings. The number of nitrogens with one attached hydrogen (secondary N) is 2. The fourth-order valence-corrected chi connectivity index (χ4v) is 3.10. The van der Waals surface area contributed by atoms with Gasteiger partial charge in [-0.05, 0) is 45.2 Å². The van der Waals surface area contributed by atoms with E-state index in [0.717, 1.165) is 32.4 Å². The molecule has 1 rings (SSSR count). The Hall–Kier alpha value is -0.170. The summed E-state index contributed by atoms with van der Waals surface area (Å²) in [7, 11) is -1.22.